The summed E-state index contributed by atoms with van der Waals surface area (Å²) in [6.45, 7) is 9.42. The number of fused-ring (bicyclic) bond motifs is 2. The van der Waals surface area contributed by atoms with E-state index in [1.54, 1.807) is 29.3 Å². The normalized spacial score (nSPS) is 18.7. The Morgan fingerprint density at radius 1 is 1.09 bits per heavy atom. The molecule has 0 saturated carbocycles. The molecule has 1 N–H and O–H groups in total. The molecule has 35 heavy (non-hydrogen) atoms. The quantitative estimate of drug-likeness (QED) is 0.380. The van der Waals surface area contributed by atoms with Gasteiger partial charge in [-0.15, -0.1) is 0 Å². The number of aromatic nitrogens is 2. The molecule has 0 fully saturated rings. The summed E-state index contributed by atoms with van der Waals surface area (Å²) in [5, 5.41) is 4.79. The number of likely N-dealkylation sites (N-methyl/N-ethyl adjacent to an activating group) is 1. The number of rotatable bonds is 3. The van der Waals surface area contributed by atoms with Gasteiger partial charge in [0.15, 0.2) is 0 Å². The predicted octanol–water partition coefficient (Wildman–Crippen LogP) is 6.74. The third kappa shape index (κ3) is 4.18. The van der Waals surface area contributed by atoms with Crippen molar-refractivity contribution in [3.05, 3.63) is 69.3 Å². The molecule has 0 aliphatic carbocycles. The fourth-order valence-corrected chi connectivity index (χ4v) is 6.44. The monoisotopic (exact) mass is 527 g/mol. The number of nitrogens with one attached hydrogen (secondary N) is 1. The van der Waals surface area contributed by atoms with Gasteiger partial charge in [-0.2, -0.15) is 0 Å². The zero-order chi connectivity index (χ0) is 25.1. The third-order valence-corrected chi connectivity index (χ3v) is 8.72. The summed E-state index contributed by atoms with van der Waals surface area (Å²) in [5.41, 5.74) is 4.51. The second kappa shape index (κ2) is 8.66. The molecule has 0 spiro atoms. The van der Waals surface area contributed by atoms with Gasteiger partial charge in [-0.3, -0.25) is 14.6 Å². The number of benzene rings is 2. The molecule has 0 unspecified atom stereocenters. The van der Waals surface area contributed by atoms with Gasteiger partial charge >= 0.3 is 0 Å². The second-order valence-corrected chi connectivity index (χ2v) is 12.3. The number of amides is 1. The summed E-state index contributed by atoms with van der Waals surface area (Å²) >= 11 is 14.4. The Balaban J connectivity index is 1.45. The highest BCUT2D eigenvalue weighted by Crippen LogP contribution is 2.48. The van der Waals surface area contributed by atoms with Crippen molar-refractivity contribution in [2.45, 2.75) is 49.6 Å². The minimum absolute atomic E-state index is 0.00651. The molecule has 0 radical (unpaired) electrons. The van der Waals surface area contributed by atoms with Crippen LogP contribution < -0.4 is 10.2 Å². The predicted molar refractivity (Wildman–Crippen MR) is 144 cm³/mol. The maximum Gasteiger partial charge on any atom is 0.263 e. The molecule has 1 amide bonds. The molecule has 2 aliphatic rings. The van der Waals surface area contributed by atoms with E-state index >= 15 is 0 Å². The van der Waals surface area contributed by atoms with E-state index in [4.69, 9.17) is 28.2 Å². The molecule has 2 aromatic carbocycles. The Hall–Kier alpha value is -2.32. The van der Waals surface area contributed by atoms with Crippen LogP contribution in [0.3, 0.4) is 0 Å². The maximum absolute atomic E-state index is 13.5. The second-order valence-electron chi connectivity index (χ2n) is 9.90. The van der Waals surface area contributed by atoms with Gasteiger partial charge in [0, 0.05) is 24.0 Å². The zero-order valence-corrected chi connectivity index (χ0v) is 22.6. The molecule has 5 rings (SSSR count). The SMILES string of the molecule is CN1CCc2cc(Nc3ncc4c(n3)SC(C)(C)N(c3c(Cl)cccc3Cl)C4=O)ccc2C1(C)C. The summed E-state index contributed by atoms with van der Waals surface area (Å²) in [6.07, 6.45) is 2.57. The molecular weight excluding hydrogens is 501 g/mol. The molecule has 1 aromatic heterocycles. The number of carbonyl (C=O) groups is 1. The van der Waals surface area contributed by atoms with Crippen LogP contribution in [-0.4, -0.2) is 39.2 Å². The first-order valence-electron chi connectivity index (χ1n) is 11.5. The molecule has 6 nitrogen and oxygen atoms in total. The van der Waals surface area contributed by atoms with Crippen LogP contribution in [-0.2, 0) is 12.0 Å². The van der Waals surface area contributed by atoms with Crippen LogP contribution in [0.2, 0.25) is 10.0 Å². The largest absolute Gasteiger partial charge is 0.324 e. The molecular formula is C26H27Cl2N5OS. The average molecular weight is 529 g/mol. The number of halogens is 2. The Kier molecular flexibility index (Phi) is 6.03. The lowest BCUT2D eigenvalue weighted by molar-refractivity contribution is 0.0969. The first-order chi connectivity index (χ1) is 16.5. The summed E-state index contributed by atoms with van der Waals surface area (Å²) in [5.74, 6) is 0.224. The minimum Gasteiger partial charge on any atom is -0.324 e. The summed E-state index contributed by atoms with van der Waals surface area (Å²) in [7, 11) is 2.16. The molecule has 3 heterocycles. The van der Waals surface area contributed by atoms with Gasteiger partial charge in [0.05, 0.1) is 26.2 Å². The molecule has 9 heteroatoms. The van der Waals surface area contributed by atoms with Crippen molar-refractivity contribution in [3.8, 4) is 0 Å². The lowest BCUT2D eigenvalue weighted by Crippen LogP contribution is -2.49. The van der Waals surface area contributed by atoms with Crippen LogP contribution in [0.5, 0.6) is 0 Å². The third-order valence-electron chi connectivity index (χ3n) is 6.92. The molecule has 3 aromatic rings. The van der Waals surface area contributed by atoms with Crippen molar-refractivity contribution in [2.24, 2.45) is 0 Å². The standard InChI is InChI=1S/C26H27Cl2N5OS/c1-25(2)18-10-9-16(13-15(18)11-12-32(25)5)30-24-29-14-17-22(31-24)35-26(3,4)33(23(17)34)21-19(27)7-6-8-20(21)28/h6-10,13-14H,11-12H2,1-5H3,(H,29,30,31). The molecule has 0 saturated heterocycles. The molecule has 182 valence electrons. The fourth-order valence-electron chi connectivity index (χ4n) is 4.75. The Bertz CT molecular complexity index is 1320. The minimum atomic E-state index is -0.659. The highest BCUT2D eigenvalue weighted by Gasteiger charge is 2.43. The van der Waals surface area contributed by atoms with Crippen LogP contribution in [0.25, 0.3) is 0 Å². The summed E-state index contributed by atoms with van der Waals surface area (Å²) in [6, 6.07) is 11.6. The lowest BCUT2D eigenvalue weighted by Gasteiger charge is -2.42. The van der Waals surface area contributed by atoms with Gasteiger partial charge in [0.2, 0.25) is 5.95 Å². The number of hydrogen-bond donors (Lipinski definition) is 1. The van der Waals surface area contributed by atoms with E-state index in [2.05, 4.69) is 54.3 Å². The van der Waals surface area contributed by atoms with Gasteiger partial charge in [0.25, 0.3) is 5.91 Å². The van der Waals surface area contributed by atoms with Gasteiger partial charge in [-0.05, 0) is 76.6 Å². The zero-order valence-electron chi connectivity index (χ0n) is 20.3. The van der Waals surface area contributed by atoms with E-state index in [-0.39, 0.29) is 11.4 Å². The van der Waals surface area contributed by atoms with Gasteiger partial charge in [0.1, 0.15) is 5.03 Å². The van der Waals surface area contributed by atoms with Gasteiger partial charge < -0.3 is 5.32 Å². The Labute approximate surface area is 220 Å². The smallest absolute Gasteiger partial charge is 0.263 e. The Morgan fingerprint density at radius 3 is 2.51 bits per heavy atom. The van der Waals surface area contributed by atoms with E-state index < -0.39 is 4.87 Å². The summed E-state index contributed by atoms with van der Waals surface area (Å²) in [4.78, 5) is 26.0. The van der Waals surface area contributed by atoms with Crippen molar-refractivity contribution in [2.75, 3.05) is 23.8 Å². The number of carbonyl (C=O) groups excluding carboxylic acids is 1. The number of thioether (sulfide) groups is 1. The lowest BCUT2D eigenvalue weighted by atomic mass is 9.83. The maximum atomic E-state index is 13.5. The van der Waals surface area contributed by atoms with Crippen LogP contribution in [0.15, 0.2) is 47.6 Å². The van der Waals surface area contributed by atoms with Crippen LogP contribution in [0.1, 0.15) is 49.2 Å². The first kappa shape index (κ1) is 24.4. The highest BCUT2D eigenvalue weighted by molar-refractivity contribution is 8.00. The van der Waals surface area contributed by atoms with Gasteiger partial charge in [-0.25, -0.2) is 9.97 Å². The average Bonchev–Trinajstić information content (AvgIpc) is 2.78. The first-order valence-corrected chi connectivity index (χ1v) is 13.0. The van der Waals surface area contributed by atoms with Crippen molar-refractivity contribution in [1.29, 1.82) is 0 Å². The van der Waals surface area contributed by atoms with Crippen molar-refractivity contribution in [1.82, 2.24) is 14.9 Å². The fraction of sp³-hybridized carbons (Fsp3) is 0.346. The van der Waals surface area contributed by atoms with Crippen molar-refractivity contribution < 1.29 is 4.79 Å². The number of anilines is 3. The van der Waals surface area contributed by atoms with E-state index in [0.29, 0.717) is 32.3 Å². The topological polar surface area (TPSA) is 61.4 Å². The van der Waals surface area contributed by atoms with E-state index in [1.807, 2.05) is 13.8 Å². The van der Waals surface area contributed by atoms with Crippen LogP contribution in [0.4, 0.5) is 17.3 Å². The van der Waals surface area contributed by atoms with Crippen LogP contribution in [0, 0.1) is 0 Å². The Morgan fingerprint density at radius 2 is 1.80 bits per heavy atom. The van der Waals surface area contributed by atoms with Gasteiger partial charge in [-0.1, -0.05) is 47.1 Å². The number of hydrogen-bond acceptors (Lipinski definition) is 6. The molecule has 0 bridgehead atoms. The van der Waals surface area contributed by atoms with E-state index in [1.165, 1.54) is 22.9 Å². The number of para-hydroxylation sites is 1. The van der Waals surface area contributed by atoms with Crippen molar-refractivity contribution in [3.63, 3.8) is 0 Å². The summed E-state index contributed by atoms with van der Waals surface area (Å²) < 4.78 is 0. The van der Waals surface area contributed by atoms with E-state index in [9.17, 15) is 4.79 Å². The molecule has 2 aliphatic heterocycles. The molecule has 0 atom stereocenters. The van der Waals surface area contributed by atoms with Crippen LogP contribution >= 0.6 is 35.0 Å². The number of nitrogens with zero attached hydrogens (tertiary/aromatic N) is 4. The van der Waals surface area contributed by atoms with Crippen molar-refractivity contribution >= 4 is 58.2 Å². The highest BCUT2D eigenvalue weighted by atomic mass is 35.5. The van der Waals surface area contributed by atoms with E-state index in [0.717, 1.165) is 18.7 Å².